The molecule has 1 unspecified atom stereocenters. The van der Waals surface area contributed by atoms with Crippen LogP contribution < -0.4 is 10.6 Å². The molecule has 96 valence electrons. The second-order valence-electron chi connectivity index (χ2n) is 4.14. The van der Waals surface area contributed by atoms with Crippen molar-refractivity contribution in [2.24, 2.45) is 0 Å². The van der Waals surface area contributed by atoms with Crippen LogP contribution in [0.2, 0.25) is 0 Å². The summed E-state index contributed by atoms with van der Waals surface area (Å²) >= 11 is 3.21. The van der Waals surface area contributed by atoms with Crippen molar-refractivity contribution in [2.45, 2.75) is 18.9 Å². The van der Waals surface area contributed by atoms with Gasteiger partial charge in [-0.3, -0.25) is 9.59 Å². The van der Waals surface area contributed by atoms with E-state index in [1.807, 2.05) is 0 Å². The average molecular weight is 315 g/mol. The molecule has 0 radical (unpaired) electrons. The Morgan fingerprint density at radius 3 is 2.94 bits per heavy atom. The molecule has 1 aromatic carbocycles. The first-order valence-electron chi connectivity index (χ1n) is 5.59. The minimum absolute atomic E-state index is 0.00700. The zero-order chi connectivity index (χ0) is 13.1. The van der Waals surface area contributed by atoms with Crippen LogP contribution in [0, 0.1) is 5.82 Å². The van der Waals surface area contributed by atoms with E-state index in [1.165, 1.54) is 18.2 Å². The number of carbonyl (C=O) groups excluding carboxylic acids is 2. The molecule has 0 bridgehead atoms. The fourth-order valence-electron chi connectivity index (χ4n) is 1.79. The highest BCUT2D eigenvalue weighted by atomic mass is 79.9. The molecule has 2 rings (SSSR count). The molecule has 4 nitrogen and oxygen atoms in total. The van der Waals surface area contributed by atoms with Crippen molar-refractivity contribution in [1.82, 2.24) is 10.6 Å². The highest BCUT2D eigenvalue weighted by molar-refractivity contribution is 9.10. The van der Waals surface area contributed by atoms with Gasteiger partial charge >= 0.3 is 0 Å². The fraction of sp³-hybridized carbons (Fsp3) is 0.333. The molecule has 1 fully saturated rings. The van der Waals surface area contributed by atoms with Gasteiger partial charge in [-0.05, 0) is 40.5 Å². The maximum atomic E-state index is 13.1. The van der Waals surface area contributed by atoms with Gasteiger partial charge in [-0.1, -0.05) is 0 Å². The molecule has 0 aliphatic carbocycles. The molecule has 2 N–H and O–H groups in total. The van der Waals surface area contributed by atoms with Crippen molar-refractivity contribution in [1.29, 1.82) is 0 Å². The standard InChI is InChI=1S/C12H12BrFN2O2/c13-10-3-1-7(14)5-9(10)12(18)16-8-2-4-11(17)15-6-8/h1,3,5,8H,2,4,6H2,(H,15,17)(H,16,18). The fourth-order valence-corrected chi connectivity index (χ4v) is 2.22. The van der Waals surface area contributed by atoms with Crippen LogP contribution in [0.3, 0.4) is 0 Å². The molecule has 0 aromatic heterocycles. The molecule has 1 saturated heterocycles. The number of rotatable bonds is 2. The summed E-state index contributed by atoms with van der Waals surface area (Å²) in [6.45, 7) is 0.414. The second kappa shape index (κ2) is 5.48. The van der Waals surface area contributed by atoms with Crippen molar-refractivity contribution >= 4 is 27.7 Å². The van der Waals surface area contributed by atoms with E-state index < -0.39 is 5.82 Å². The van der Waals surface area contributed by atoms with E-state index in [1.54, 1.807) is 0 Å². The molecule has 0 spiro atoms. The molecule has 1 atom stereocenters. The third kappa shape index (κ3) is 3.07. The van der Waals surface area contributed by atoms with Gasteiger partial charge in [-0.15, -0.1) is 0 Å². The second-order valence-corrected chi connectivity index (χ2v) is 4.99. The van der Waals surface area contributed by atoms with Gasteiger partial charge in [0.05, 0.1) is 5.56 Å². The quantitative estimate of drug-likeness (QED) is 0.871. The number of amides is 2. The zero-order valence-electron chi connectivity index (χ0n) is 9.50. The Morgan fingerprint density at radius 2 is 2.28 bits per heavy atom. The summed E-state index contributed by atoms with van der Waals surface area (Å²) in [7, 11) is 0. The number of halogens is 2. The van der Waals surface area contributed by atoms with Crippen LogP contribution in [0.25, 0.3) is 0 Å². The summed E-state index contributed by atoms with van der Waals surface area (Å²) in [6.07, 6.45) is 1.000. The van der Waals surface area contributed by atoms with E-state index >= 15 is 0 Å². The Labute approximate surface area is 112 Å². The maximum absolute atomic E-state index is 13.1. The normalized spacial score (nSPS) is 19.2. The van der Waals surface area contributed by atoms with Gasteiger partial charge in [0.15, 0.2) is 0 Å². The molecule has 1 aliphatic rings. The maximum Gasteiger partial charge on any atom is 0.252 e. The lowest BCUT2D eigenvalue weighted by molar-refractivity contribution is -0.122. The molecular weight excluding hydrogens is 303 g/mol. The van der Waals surface area contributed by atoms with Crippen molar-refractivity contribution in [3.63, 3.8) is 0 Å². The third-order valence-corrected chi connectivity index (χ3v) is 3.47. The number of hydrogen-bond donors (Lipinski definition) is 2. The first-order chi connectivity index (χ1) is 8.56. The van der Waals surface area contributed by atoms with Crippen LogP contribution in [-0.4, -0.2) is 24.4 Å². The molecule has 0 saturated carbocycles. The Bertz CT molecular complexity index is 483. The van der Waals surface area contributed by atoms with E-state index in [4.69, 9.17) is 0 Å². The third-order valence-electron chi connectivity index (χ3n) is 2.77. The zero-order valence-corrected chi connectivity index (χ0v) is 11.1. The predicted molar refractivity (Wildman–Crippen MR) is 67.6 cm³/mol. The van der Waals surface area contributed by atoms with E-state index in [2.05, 4.69) is 26.6 Å². The molecular formula is C12H12BrFN2O2. The summed E-state index contributed by atoms with van der Waals surface area (Å²) in [6, 6.07) is 3.85. The van der Waals surface area contributed by atoms with Gasteiger partial charge < -0.3 is 10.6 Å². The lowest BCUT2D eigenvalue weighted by atomic mass is 10.1. The summed E-state index contributed by atoms with van der Waals surface area (Å²) in [5.74, 6) is -0.810. The van der Waals surface area contributed by atoms with Gasteiger partial charge in [0.1, 0.15) is 5.82 Å². The Kier molecular flexibility index (Phi) is 3.96. The molecule has 18 heavy (non-hydrogen) atoms. The number of nitrogens with one attached hydrogen (secondary N) is 2. The van der Waals surface area contributed by atoms with Gasteiger partial charge in [0, 0.05) is 23.5 Å². The van der Waals surface area contributed by atoms with Crippen LogP contribution in [0.4, 0.5) is 4.39 Å². The van der Waals surface area contributed by atoms with Crippen molar-refractivity contribution in [2.75, 3.05) is 6.54 Å². The van der Waals surface area contributed by atoms with Crippen molar-refractivity contribution < 1.29 is 14.0 Å². The molecule has 1 aliphatic heterocycles. The van der Waals surface area contributed by atoms with Crippen LogP contribution in [0.5, 0.6) is 0 Å². The van der Waals surface area contributed by atoms with Crippen molar-refractivity contribution in [3.05, 3.63) is 34.1 Å². The van der Waals surface area contributed by atoms with Gasteiger partial charge in [0.25, 0.3) is 5.91 Å². The Balaban J connectivity index is 2.03. The number of carbonyl (C=O) groups is 2. The summed E-state index contributed by atoms with van der Waals surface area (Å²) in [4.78, 5) is 22.9. The summed E-state index contributed by atoms with van der Waals surface area (Å²) in [5, 5.41) is 5.45. The molecule has 2 amide bonds. The lowest BCUT2D eigenvalue weighted by Gasteiger charge is -2.23. The highest BCUT2D eigenvalue weighted by Gasteiger charge is 2.21. The predicted octanol–water partition coefficient (Wildman–Crippen LogP) is 1.60. The van der Waals surface area contributed by atoms with Crippen LogP contribution >= 0.6 is 15.9 Å². The number of piperidine rings is 1. The first-order valence-corrected chi connectivity index (χ1v) is 6.38. The monoisotopic (exact) mass is 314 g/mol. The van der Waals surface area contributed by atoms with Crippen LogP contribution in [0.1, 0.15) is 23.2 Å². The minimum atomic E-state index is -0.458. The van der Waals surface area contributed by atoms with E-state index in [0.717, 1.165) is 0 Å². The minimum Gasteiger partial charge on any atom is -0.354 e. The number of benzene rings is 1. The van der Waals surface area contributed by atoms with Gasteiger partial charge in [0.2, 0.25) is 5.91 Å². The first kappa shape index (κ1) is 13.0. The molecule has 6 heteroatoms. The molecule has 1 heterocycles. The highest BCUT2D eigenvalue weighted by Crippen LogP contribution is 2.18. The number of hydrogen-bond acceptors (Lipinski definition) is 2. The van der Waals surface area contributed by atoms with Gasteiger partial charge in [-0.2, -0.15) is 0 Å². The SMILES string of the molecule is O=C1CCC(NC(=O)c2cc(F)ccc2Br)CN1. The lowest BCUT2D eigenvalue weighted by Crippen LogP contribution is -2.47. The summed E-state index contributed by atoms with van der Waals surface area (Å²) < 4.78 is 13.6. The Morgan fingerprint density at radius 1 is 1.50 bits per heavy atom. The van der Waals surface area contributed by atoms with E-state index in [-0.39, 0.29) is 23.4 Å². The van der Waals surface area contributed by atoms with E-state index in [0.29, 0.717) is 23.9 Å². The summed E-state index contributed by atoms with van der Waals surface area (Å²) in [5.41, 5.74) is 0.256. The molecule has 1 aromatic rings. The van der Waals surface area contributed by atoms with Crippen molar-refractivity contribution in [3.8, 4) is 0 Å². The smallest absolute Gasteiger partial charge is 0.252 e. The Hall–Kier alpha value is -1.43. The average Bonchev–Trinajstić information content (AvgIpc) is 2.35. The van der Waals surface area contributed by atoms with Crippen LogP contribution in [0.15, 0.2) is 22.7 Å². The largest absolute Gasteiger partial charge is 0.354 e. The van der Waals surface area contributed by atoms with Gasteiger partial charge in [-0.25, -0.2) is 4.39 Å². The topological polar surface area (TPSA) is 58.2 Å². The van der Waals surface area contributed by atoms with E-state index in [9.17, 15) is 14.0 Å². The van der Waals surface area contributed by atoms with Crippen LogP contribution in [-0.2, 0) is 4.79 Å².